The Hall–Kier alpha value is 0.310. The van der Waals surface area contributed by atoms with Crippen molar-refractivity contribution in [3.63, 3.8) is 0 Å². The van der Waals surface area contributed by atoms with Gasteiger partial charge in [-0.05, 0) is 19.8 Å². The van der Waals surface area contributed by atoms with Gasteiger partial charge in [0.2, 0.25) is 0 Å². The Balaban J connectivity index is 0.00000324. The summed E-state index contributed by atoms with van der Waals surface area (Å²) < 4.78 is 5.33. The van der Waals surface area contributed by atoms with Gasteiger partial charge in [0.1, 0.15) is 0 Å². The number of hydrogen-bond donors (Lipinski definition) is 1. The van der Waals surface area contributed by atoms with Crippen LogP contribution in [0.2, 0.25) is 0 Å². The highest BCUT2D eigenvalue weighted by molar-refractivity contribution is 14.0. The largest absolute Gasteiger partial charge is 0.382 e. The number of rotatable bonds is 6. The first-order chi connectivity index (χ1) is 8.81. The van der Waals surface area contributed by atoms with Gasteiger partial charge in [-0.15, -0.1) is 24.0 Å². The minimum atomic E-state index is 0. The number of ether oxygens (including phenoxy) is 1. The molecule has 0 aromatic rings. The average Bonchev–Trinajstić information content (AvgIpc) is 2.43. The van der Waals surface area contributed by atoms with Crippen LogP contribution in [0.5, 0.6) is 0 Å². The van der Waals surface area contributed by atoms with Crippen molar-refractivity contribution in [3.05, 3.63) is 0 Å². The van der Waals surface area contributed by atoms with Crippen molar-refractivity contribution >= 4 is 41.7 Å². The smallest absolute Gasteiger partial charge is 0.193 e. The van der Waals surface area contributed by atoms with Gasteiger partial charge in [0, 0.05) is 50.9 Å². The van der Waals surface area contributed by atoms with Gasteiger partial charge >= 0.3 is 0 Å². The molecule has 0 spiro atoms. The summed E-state index contributed by atoms with van der Waals surface area (Å²) >= 11 is 2.09. The number of aliphatic imine (C=N–C) groups is 1. The Labute approximate surface area is 139 Å². The maximum absolute atomic E-state index is 5.33. The van der Waals surface area contributed by atoms with E-state index < -0.39 is 0 Å². The van der Waals surface area contributed by atoms with Crippen LogP contribution in [0.3, 0.4) is 0 Å². The van der Waals surface area contributed by atoms with Gasteiger partial charge in [-0.3, -0.25) is 4.99 Å². The number of halogens is 1. The summed E-state index contributed by atoms with van der Waals surface area (Å²) in [6.45, 7) is 9.08. The highest BCUT2D eigenvalue weighted by atomic mass is 127. The molecule has 1 fully saturated rings. The number of hydrogen-bond acceptors (Lipinski definition) is 3. The number of guanidine groups is 1. The van der Waals surface area contributed by atoms with Crippen LogP contribution in [0, 0.1) is 0 Å². The summed E-state index contributed by atoms with van der Waals surface area (Å²) in [5.41, 5.74) is 0. The fourth-order valence-electron chi connectivity index (χ4n) is 2.01. The Morgan fingerprint density at radius 1 is 1.47 bits per heavy atom. The highest BCUT2D eigenvalue weighted by Gasteiger charge is 2.20. The molecule has 4 nitrogen and oxygen atoms in total. The second kappa shape index (κ2) is 12.1. The zero-order chi connectivity index (χ0) is 13.2. The molecule has 0 bridgehead atoms. The molecular formula is C13H28IN3OS. The van der Waals surface area contributed by atoms with E-state index in [-0.39, 0.29) is 24.0 Å². The standard InChI is InChI=1S/C13H27N3OS.HI/c1-4-12-11-16(8-10-18-12)13(14-3)15-7-6-9-17-5-2;/h12H,4-11H2,1-3H3,(H,14,15);1H. The zero-order valence-corrected chi connectivity index (χ0v) is 15.5. The Morgan fingerprint density at radius 3 is 2.89 bits per heavy atom. The van der Waals surface area contributed by atoms with E-state index in [0.717, 1.165) is 50.5 Å². The molecule has 0 aromatic heterocycles. The van der Waals surface area contributed by atoms with Gasteiger partial charge < -0.3 is 15.0 Å². The van der Waals surface area contributed by atoms with Gasteiger partial charge in [-0.1, -0.05) is 6.92 Å². The van der Waals surface area contributed by atoms with Gasteiger partial charge in [-0.2, -0.15) is 11.8 Å². The normalized spacial score (nSPS) is 20.1. The number of thioether (sulfide) groups is 1. The Bertz CT molecular complexity index is 254. The predicted octanol–water partition coefficient (Wildman–Crippen LogP) is 2.43. The fraction of sp³-hybridized carbons (Fsp3) is 0.923. The van der Waals surface area contributed by atoms with Crippen LogP contribution in [0.1, 0.15) is 26.7 Å². The SMILES string of the molecule is CCOCCCNC(=NC)N1CCSC(CC)C1.I. The molecule has 0 aromatic carbocycles. The van der Waals surface area contributed by atoms with Crippen LogP contribution in [0.15, 0.2) is 4.99 Å². The number of nitrogens with one attached hydrogen (secondary N) is 1. The van der Waals surface area contributed by atoms with E-state index in [9.17, 15) is 0 Å². The van der Waals surface area contributed by atoms with Crippen LogP contribution in [0.4, 0.5) is 0 Å². The molecular weight excluding hydrogens is 373 g/mol. The van der Waals surface area contributed by atoms with Crippen LogP contribution in [0.25, 0.3) is 0 Å². The molecule has 1 aliphatic rings. The lowest BCUT2D eigenvalue weighted by Crippen LogP contribution is -2.48. The van der Waals surface area contributed by atoms with Crippen LogP contribution < -0.4 is 5.32 Å². The molecule has 1 rings (SSSR count). The van der Waals surface area contributed by atoms with E-state index in [1.165, 1.54) is 12.2 Å². The van der Waals surface area contributed by atoms with Crippen molar-refractivity contribution < 1.29 is 4.74 Å². The van der Waals surface area contributed by atoms with Crippen molar-refractivity contribution in [2.45, 2.75) is 31.9 Å². The molecule has 114 valence electrons. The Kier molecular flexibility index (Phi) is 12.3. The summed E-state index contributed by atoms with van der Waals surface area (Å²) in [5, 5.41) is 4.18. The molecule has 0 aliphatic carbocycles. The molecule has 1 atom stereocenters. The maximum atomic E-state index is 5.33. The lowest BCUT2D eigenvalue weighted by molar-refractivity contribution is 0.145. The summed E-state index contributed by atoms with van der Waals surface area (Å²) in [7, 11) is 1.87. The maximum Gasteiger partial charge on any atom is 0.193 e. The molecule has 1 N–H and O–H groups in total. The lowest BCUT2D eigenvalue weighted by atomic mass is 10.3. The third-order valence-corrected chi connectivity index (χ3v) is 4.43. The van der Waals surface area contributed by atoms with E-state index >= 15 is 0 Å². The van der Waals surface area contributed by atoms with Crippen LogP contribution >= 0.6 is 35.7 Å². The van der Waals surface area contributed by atoms with Crippen molar-refractivity contribution in [2.24, 2.45) is 4.99 Å². The van der Waals surface area contributed by atoms with E-state index in [4.69, 9.17) is 4.74 Å². The van der Waals surface area contributed by atoms with Gasteiger partial charge in [0.15, 0.2) is 5.96 Å². The van der Waals surface area contributed by atoms with E-state index in [1.54, 1.807) is 0 Å². The van der Waals surface area contributed by atoms with E-state index in [1.807, 2.05) is 14.0 Å². The second-order valence-electron chi connectivity index (χ2n) is 4.37. The molecule has 6 heteroatoms. The minimum absolute atomic E-state index is 0. The van der Waals surface area contributed by atoms with Crippen molar-refractivity contribution in [1.29, 1.82) is 0 Å². The minimum Gasteiger partial charge on any atom is -0.382 e. The third-order valence-electron chi connectivity index (χ3n) is 3.06. The molecule has 0 amide bonds. The molecule has 19 heavy (non-hydrogen) atoms. The highest BCUT2D eigenvalue weighted by Crippen LogP contribution is 2.20. The Morgan fingerprint density at radius 2 is 2.26 bits per heavy atom. The van der Waals surface area contributed by atoms with Crippen LogP contribution in [-0.2, 0) is 4.74 Å². The predicted molar refractivity (Wildman–Crippen MR) is 96.0 cm³/mol. The monoisotopic (exact) mass is 401 g/mol. The third kappa shape index (κ3) is 7.60. The van der Waals surface area contributed by atoms with E-state index in [2.05, 4.69) is 33.9 Å². The second-order valence-corrected chi connectivity index (χ2v) is 5.78. The summed E-state index contributed by atoms with van der Waals surface area (Å²) in [6, 6.07) is 0. The zero-order valence-electron chi connectivity index (χ0n) is 12.4. The molecule has 1 heterocycles. The lowest BCUT2D eigenvalue weighted by Gasteiger charge is -2.34. The molecule has 0 saturated carbocycles. The van der Waals surface area contributed by atoms with Gasteiger partial charge in [0.05, 0.1) is 0 Å². The van der Waals surface area contributed by atoms with Gasteiger partial charge in [0.25, 0.3) is 0 Å². The average molecular weight is 401 g/mol. The first kappa shape index (κ1) is 19.3. The summed E-state index contributed by atoms with van der Waals surface area (Å²) in [4.78, 5) is 6.76. The topological polar surface area (TPSA) is 36.9 Å². The van der Waals surface area contributed by atoms with Crippen LogP contribution in [-0.4, -0.2) is 61.8 Å². The van der Waals surface area contributed by atoms with Crippen molar-refractivity contribution in [2.75, 3.05) is 45.6 Å². The molecule has 1 saturated heterocycles. The van der Waals surface area contributed by atoms with Gasteiger partial charge in [-0.25, -0.2) is 0 Å². The molecule has 1 aliphatic heterocycles. The summed E-state index contributed by atoms with van der Waals surface area (Å²) in [5.74, 6) is 2.25. The molecule has 1 unspecified atom stereocenters. The summed E-state index contributed by atoms with van der Waals surface area (Å²) in [6.07, 6.45) is 2.27. The number of nitrogens with zero attached hydrogens (tertiary/aromatic N) is 2. The van der Waals surface area contributed by atoms with E-state index in [0.29, 0.717) is 0 Å². The van der Waals surface area contributed by atoms with Crippen molar-refractivity contribution in [3.8, 4) is 0 Å². The van der Waals surface area contributed by atoms with Crippen molar-refractivity contribution in [1.82, 2.24) is 10.2 Å². The fourth-order valence-corrected chi connectivity index (χ4v) is 3.19. The first-order valence-corrected chi connectivity index (χ1v) is 8.01. The quantitative estimate of drug-likeness (QED) is 0.321. The molecule has 0 radical (unpaired) electrons. The first-order valence-electron chi connectivity index (χ1n) is 6.96.